The van der Waals surface area contributed by atoms with Gasteiger partial charge in [0.25, 0.3) is 11.6 Å². The quantitative estimate of drug-likeness (QED) is 0.364. The van der Waals surface area contributed by atoms with Gasteiger partial charge in [-0.25, -0.2) is 0 Å². The topological polar surface area (TPSA) is 78.7 Å². The van der Waals surface area contributed by atoms with E-state index in [1.165, 1.54) is 17.0 Å². The van der Waals surface area contributed by atoms with E-state index in [9.17, 15) is 14.9 Å². The number of hydrogen-bond acceptors (Lipinski definition) is 5. The zero-order valence-electron chi connectivity index (χ0n) is 14.5. The number of nitro groups is 1. The Morgan fingerprint density at radius 1 is 1.26 bits per heavy atom. The molecular formula is C18H15ClN4O3S. The maximum Gasteiger partial charge on any atom is 0.293 e. The van der Waals surface area contributed by atoms with Gasteiger partial charge in [-0.2, -0.15) is 0 Å². The maximum absolute atomic E-state index is 12.8. The molecule has 1 aliphatic rings. The molecule has 1 fully saturated rings. The first-order valence-corrected chi connectivity index (χ1v) is 8.65. The van der Waals surface area contributed by atoms with Crippen molar-refractivity contribution in [2.45, 2.75) is 0 Å². The van der Waals surface area contributed by atoms with Gasteiger partial charge in [0.05, 0.1) is 15.6 Å². The minimum absolute atomic E-state index is 0.0506. The Bertz CT molecular complexity index is 990. The standard InChI is InChI=1S/C18H15ClN4O3S/c1-21(2)15-8-7-11(10-16(15)23(25)26)9-13-17(24)22(18(27)20-13)14-6-4-3-5-12(14)19/h3-10H,1-2H3,(H,20,27)/b13-9-. The van der Waals surface area contributed by atoms with Crippen LogP contribution in [-0.4, -0.2) is 30.0 Å². The van der Waals surface area contributed by atoms with Crippen molar-refractivity contribution in [3.05, 3.63) is 68.9 Å². The first kappa shape index (κ1) is 18.8. The minimum Gasteiger partial charge on any atom is -0.372 e. The molecule has 7 nitrogen and oxygen atoms in total. The lowest BCUT2D eigenvalue weighted by Gasteiger charge is -2.15. The zero-order valence-corrected chi connectivity index (χ0v) is 16.0. The molecule has 0 saturated carbocycles. The molecule has 1 N–H and O–H groups in total. The number of benzene rings is 2. The molecule has 27 heavy (non-hydrogen) atoms. The average Bonchev–Trinajstić information content (AvgIpc) is 2.89. The third-order valence-corrected chi connectivity index (χ3v) is 4.56. The Hall–Kier alpha value is -2.97. The summed E-state index contributed by atoms with van der Waals surface area (Å²) in [7, 11) is 3.45. The number of anilines is 2. The van der Waals surface area contributed by atoms with Gasteiger partial charge in [-0.05, 0) is 42.1 Å². The average molecular weight is 403 g/mol. The molecule has 0 radical (unpaired) electrons. The van der Waals surface area contributed by atoms with Crippen LogP contribution in [0.3, 0.4) is 0 Å². The van der Waals surface area contributed by atoms with E-state index >= 15 is 0 Å². The number of amides is 1. The van der Waals surface area contributed by atoms with E-state index in [1.54, 1.807) is 55.4 Å². The highest BCUT2D eigenvalue weighted by atomic mass is 35.5. The largest absolute Gasteiger partial charge is 0.372 e. The van der Waals surface area contributed by atoms with E-state index in [-0.39, 0.29) is 22.4 Å². The van der Waals surface area contributed by atoms with Crippen molar-refractivity contribution in [1.29, 1.82) is 0 Å². The van der Waals surface area contributed by atoms with Gasteiger partial charge in [0.1, 0.15) is 11.4 Å². The van der Waals surface area contributed by atoms with E-state index in [1.807, 2.05) is 0 Å². The number of hydrogen-bond donors (Lipinski definition) is 1. The second-order valence-electron chi connectivity index (χ2n) is 5.98. The van der Waals surface area contributed by atoms with Crippen LogP contribution in [0.1, 0.15) is 5.56 Å². The highest BCUT2D eigenvalue weighted by molar-refractivity contribution is 7.80. The minimum atomic E-state index is -0.456. The number of nitrogens with zero attached hydrogens (tertiary/aromatic N) is 3. The van der Waals surface area contributed by atoms with Crippen LogP contribution in [0, 0.1) is 10.1 Å². The third kappa shape index (κ3) is 3.62. The van der Waals surface area contributed by atoms with Gasteiger partial charge >= 0.3 is 0 Å². The van der Waals surface area contributed by atoms with Gasteiger partial charge in [0, 0.05) is 20.2 Å². The van der Waals surface area contributed by atoms with E-state index in [0.29, 0.717) is 22.0 Å². The highest BCUT2D eigenvalue weighted by Crippen LogP contribution is 2.31. The zero-order chi connectivity index (χ0) is 19.7. The van der Waals surface area contributed by atoms with Crippen molar-refractivity contribution < 1.29 is 9.72 Å². The highest BCUT2D eigenvalue weighted by Gasteiger charge is 2.33. The predicted molar refractivity (Wildman–Crippen MR) is 110 cm³/mol. The first-order valence-electron chi connectivity index (χ1n) is 7.87. The molecule has 0 atom stereocenters. The summed E-state index contributed by atoms with van der Waals surface area (Å²) < 4.78 is 0. The van der Waals surface area contributed by atoms with Crippen molar-refractivity contribution in [2.75, 3.05) is 23.9 Å². The smallest absolute Gasteiger partial charge is 0.293 e. The number of thiocarbonyl (C=S) groups is 1. The van der Waals surface area contributed by atoms with Gasteiger partial charge in [0.2, 0.25) is 0 Å². The summed E-state index contributed by atoms with van der Waals surface area (Å²) in [6, 6.07) is 11.6. The van der Waals surface area contributed by atoms with Crippen LogP contribution in [0.15, 0.2) is 48.2 Å². The number of carbonyl (C=O) groups is 1. The molecule has 0 spiro atoms. The fraction of sp³-hybridized carbons (Fsp3) is 0.111. The lowest BCUT2D eigenvalue weighted by atomic mass is 10.1. The second-order valence-corrected chi connectivity index (χ2v) is 6.77. The molecule has 0 aromatic heterocycles. The monoisotopic (exact) mass is 402 g/mol. The Labute approximate surface area is 166 Å². The summed E-state index contributed by atoms with van der Waals surface area (Å²) in [5, 5.41) is 14.8. The van der Waals surface area contributed by atoms with Crippen LogP contribution >= 0.6 is 23.8 Å². The molecule has 2 aromatic carbocycles. The molecule has 1 aliphatic heterocycles. The Morgan fingerprint density at radius 3 is 2.59 bits per heavy atom. The van der Waals surface area contributed by atoms with E-state index < -0.39 is 4.92 Å². The summed E-state index contributed by atoms with van der Waals surface area (Å²) >= 11 is 11.4. The molecule has 2 aromatic rings. The second kappa shape index (κ2) is 7.34. The molecule has 0 aliphatic carbocycles. The Morgan fingerprint density at radius 2 is 1.96 bits per heavy atom. The normalized spacial score (nSPS) is 15.2. The molecule has 1 amide bonds. The molecule has 1 saturated heterocycles. The molecule has 0 bridgehead atoms. The van der Waals surface area contributed by atoms with Crippen LogP contribution in [0.25, 0.3) is 6.08 Å². The lowest BCUT2D eigenvalue weighted by molar-refractivity contribution is -0.384. The summed E-state index contributed by atoms with van der Waals surface area (Å²) in [5.74, 6) is -0.382. The SMILES string of the molecule is CN(C)c1ccc(/C=C2\NC(=S)N(c3ccccc3Cl)C2=O)cc1[N+](=O)[O-]. The first-order chi connectivity index (χ1) is 12.8. The third-order valence-electron chi connectivity index (χ3n) is 3.96. The van der Waals surface area contributed by atoms with Gasteiger partial charge in [0.15, 0.2) is 5.11 Å². The van der Waals surface area contributed by atoms with Crippen LogP contribution in [0.2, 0.25) is 5.02 Å². The van der Waals surface area contributed by atoms with Crippen LogP contribution in [0.4, 0.5) is 17.1 Å². The maximum atomic E-state index is 12.8. The fourth-order valence-electron chi connectivity index (χ4n) is 2.71. The number of carbonyl (C=O) groups excluding carboxylic acids is 1. The van der Waals surface area contributed by atoms with Gasteiger partial charge in [-0.15, -0.1) is 0 Å². The number of nitro benzene ring substituents is 1. The summed E-state index contributed by atoms with van der Waals surface area (Å²) in [4.78, 5) is 26.6. The Kier molecular flexibility index (Phi) is 5.11. The fourth-order valence-corrected chi connectivity index (χ4v) is 3.22. The van der Waals surface area contributed by atoms with Crippen molar-refractivity contribution in [3.8, 4) is 0 Å². The van der Waals surface area contributed by atoms with Crippen LogP contribution in [0.5, 0.6) is 0 Å². The Balaban J connectivity index is 1.98. The van der Waals surface area contributed by atoms with Gasteiger partial charge in [-0.3, -0.25) is 19.8 Å². The summed E-state index contributed by atoms with van der Waals surface area (Å²) in [6.07, 6.45) is 1.53. The van der Waals surface area contributed by atoms with Crippen molar-refractivity contribution in [3.63, 3.8) is 0 Å². The van der Waals surface area contributed by atoms with Crippen LogP contribution in [-0.2, 0) is 4.79 Å². The number of halogens is 1. The number of nitrogens with one attached hydrogen (secondary N) is 1. The van der Waals surface area contributed by atoms with Crippen molar-refractivity contribution >= 4 is 58.0 Å². The lowest BCUT2D eigenvalue weighted by Crippen LogP contribution is -2.30. The molecule has 0 unspecified atom stereocenters. The predicted octanol–water partition coefficient (Wildman–Crippen LogP) is 3.58. The molecule has 9 heteroatoms. The van der Waals surface area contributed by atoms with Crippen molar-refractivity contribution in [1.82, 2.24) is 5.32 Å². The van der Waals surface area contributed by atoms with Crippen molar-refractivity contribution in [2.24, 2.45) is 0 Å². The van der Waals surface area contributed by atoms with Crippen LogP contribution < -0.4 is 15.1 Å². The van der Waals surface area contributed by atoms with Gasteiger partial charge < -0.3 is 10.2 Å². The summed E-state index contributed by atoms with van der Waals surface area (Å²) in [5.41, 5.74) is 1.61. The van der Waals surface area contributed by atoms with E-state index in [2.05, 4.69) is 5.32 Å². The van der Waals surface area contributed by atoms with Gasteiger partial charge in [-0.1, -0.05) is 29.8 Å². The molecule has 1 heterocycles. The molecule has 3 rings (SSSR count). The molecule has 138 valence electrons. The number of rotatable bonds is 4. The molecular weight excluding hydrogens is 388 g/mol. The van der Waals surface area contributed by atoms with E-state index in [4.69, 9.17) is 23.8 Å². The number of para-hydroxylation sites is 1. The van der Waals surface area contributed by atoms with E-state index in [0.717, 1.165) is 0 Å². The summed E-state index contributed by atoms with van der Waals surface area (Å²) in [6.45, 7) is 0.